The molecule has 0 aromatic heterocycles. The lowest BCUT2D eigenvalue weighted by molar-refractivity contribution is -0.123. The number of benzene rings is 1. The van der Waals surface area contributed by atoms with Crippen molar-refractivity contribution in [2.45, 2.75) is 32.3 Å². The zero-order valence-electron chi connectivity index (χ0n) is 8.66. The lowest BCUT2D eigenvalue weighted by atomic mass is 9.96. The fourth-order valence-electron chi connectivity index (χ4n) is 1.37. The van der Waals surface area contributed by atoms with Gasteiger partial charge in [-0.25, -0.2) is 0 Å². The predicted molar refractivity (Wildman–Crippen MR) is 56.1 cm³/mol. The van der Waals surface area contributed by atoms with Crippen LogP contribution in [0.2, 0.25) is 0 Å². The minimum Gasteiger partial charge on any atom is -0.378 e. The SMILES string of the molecule is CCCc1ccc(C(C)(O)C=O)cc1. The molecular weight excluding hydrogens is 176 g/mol. The number of hydrogen-bond donors (Lipinski definition) is 1. The third-order valence-corrected chi connectivity index (χ3v) is 2.31. The second-order valence-electron chi connectivity index (χ2n) is 3.71. The summed E-state index contributed by atoms with van der Waals surface area (Å²) in [6.45, 7) is 3.62. The van der Waals surface area contributed by atoms with E-state index in [0.29, 0.717) is 11.8 Å². The summed E-state index contributed by atoms with van der Waals surface area (Å²) in [4.78, 5) is 10.6. The zero-order chi connectivity index (χ0) is 10.6. The average Bonchev–Trinajstić information content (AvgIpc) is 2.19. The maximum Gasteiger partial charge on any atom is 0.155 e. The van der Waals surface area contributed by atoms with E-state index in [2.05, 4.69) is 6.92 Å². The first-order valence-corrected chi connectivity index (χ1v) is 4.88. The monoisotopic (exact) mass is 192 g/mol. The summed E-state index contributed by atoms with van der Waals surface area (Å²) in [5.74, 6) is 0. The van der Waals surface area contributed by atoms with Crippen LogP contribution in [-0.4, -0.2) is 11.4 Å². The minimum atomic E-state index is -1.36. The maximum atomic E-state index is 10.6. The standard InChI is InChI=1S/C12H16O2/c1-3-4-10-5-7-11(8-6-10)12(2,14)9-13/h5-9,14H,3-4H2,1-2H3. The maximum absolute atomic E-state index is 10.6. The van der Waals surface area contributed by atoms with Gasteiger partial charge in [-0.05, 0) is 24.5 Å². The molecule has 1 unspecified atom stereocenters. The predicted octanol–water partition coefficient (Wildman–Crippen LogP) is 2.05. The van der Waals surface area contributed by atoms with Gasteiger partial charge < -0.3 is 5.11 Å². The van der Waals surface area contributed by atoms with Crippen molar-refractivity contribution < 1.29 is 9.90 Å². The van der Waals surface area contributed by atoms with Gasteiger partial charge in [-0.3, -0.25) is 4.79 Å². The first-order chi connectivity index (χ1) is 6.60. The Balaban J connectivity index is 2.88. The molecule has 0 amide bonds. The van der Waals surface area contributed by atoms with Crippen molar-refractivity contribution in [3.05, 3.63) is 35.4 Å². The molecule has 0 fully saturated rings. The summed E-state index contributed by atoms with van der Waals surface area (Å²) < 4.78 is 0. The fourth-order valence-corrected chi connectivity index (χ4v) is 1.37. The summed E-state index contributed by atoms with van der Waals surface area (Å²) in [7, 11) is 0. The van der Waals surface area contributed by atoms with Gasteiger partial charge in [-0.15, -0.1) is 0 Å². The molecule has 1 atom stereocenters. The van der Waals surface area contributed by atoms with Crippen LogP contribution in [0.1, 0.15) is 31.4 Å². The molecule has 0 aliphatic heterocycles. The van der Waals surface area contributed by atoms with Crippen molar-refractivity contribution in [1.82, 2.24) is 0 Å². The van der Waals surface area contributed by atoms with Crippen molar-refractivity contribution in [3.8, 4) is 0 Å². The molecule has 1 aromatic carbocycles. The van der Waals surface area contributed by atoms with E-state index in [1.165, 1.54) is 12.5 Å². The molecule has 0 aliphatic rings. The molecule has 0 bridgehead atoms. The Morgan fingerprint density at radius 1 is 1.36 bits per heavy atom. The lowest BCUT2D eigenvalue weighted by Crippen LogP contribution is -2.22. The van der Waals surface area contributed by atoms with E-state index < -0.39 is 5.60 Å². The third kappa shape index (κ3) is 2.42. The molecule has 0 saturated carbocycles. The van der Waals surface area contributed by atoms with Crippen LogP contribution in [0.15, 0.2) is 24.3 Å². The van der Waals surface area contributed by atoms with Gasteiger partial charge in [-0.2, -0.15) is 0 Å². The van der Waals surface area contributed by atoms with Crippen molar-refractivity contribution in [3.63, 3.8) is 0 Å². The topological polar surface area (TPSA) is 37.3 Å². The molecular formula is C12H16O2. The second kappa shape index (κ2) is 4.38. The first-order valence-electron chi connectivity index (χ1n) is 4.88. The van der Waals surface area contributed by atoms with Crippen LogP contribution in [0.3, 0.4) is 0 Å². The van der Waals surface area contributed by atoms with Crippen LogP contribution in [0.4, 0.5) is 0 Å². The molecule has 2 heteroatoms. The molecule has 0 spiro atoms. The summed E-state index contributed by atoms with van der Waals surface area (Å²) >= 11 is 0. The van der Waals surface area contributed by atoms with Crippen LogP contribution in [-0.2, 0) is 16.8 Å². The molecule has 0 saturated heterocycles. The van der Waals surface area contributed by atoms with E-state index in [1.54, 1.807) is 12.1 Å². The number of aryl methyl sites for hydroxylation is 1. The number of aliphatic hydroxyl groups is 1. The highest BCUT2D eigenvalue weighted by Crippen LogP contribution is 2.18. The average molecular weight is 192 g/mol. The molecule has 2 nitrogen and oxygen atoms in total. The molecule has 76 valence electrons. The van der Waals surface area contributed by atoms with Crippen LogP contribution in [0.5, 0.6) is 0 Å². The highest BCUT2D eigenvalue weighted by molar-refractivity contribution is 5.64. The van der Waals surface area contributed by atoms with Crippen molar-refractivity contribution in [2.24, 2.45) is 0 Å². The second-order valence-corrected chi connectivity index (χ2v) is 3.71. The van der Waals surface area contributed by atoms with Gasteiger partial charge in [0.25, 0.3) is 0 Å². The highest BCUT2D eigenvalue weighted by atomic mass is 16.3. The van der Waals surface area contributed by atoms with Gasteiger partial charge in [0.1, 0.15) is 5.60 Å². The van der Waals surface area contributed by atoms with Crippen molar-refractivity contribution in [2.75, 3.05) is 0 Å². The van der Waals surface area contributed by atoms with Crippen LogP contribution < -0.4 is 0 Å². The summed E-state index contributed by atoms with van der Waals surface area (Å²) in [6, 6.07) is 7.52. The van der Waals surface area contributed by atoms with Gasteiger partial charge in [0.2, 0.25) is 0 Å². The largest absolute Gasteiger partial charge is 0.378 e. The van der Waals surface area contributed by atoms with E-state index in [9.17, 15) is 9.90 Å². The number of rotatable bonds is 4. The van der Waals surface area contributed by atoms with Gasteiger partial charge in [-0.1, -0.05) is 37.6 Å². The fraction of sp³-hybridized carbons (Fsp3) is 0.417. The Labute approximate surface area is 84.6 Å². The Morgan fingerprint density at radius 2 is 1.93 bits per heavy atom. The van der Waals surface area contributed by atoms with Crippen molar-refractivity contribution in [1.29, 1.82) is 0 Å². The summed E-state index contributed by atoms with van der Waals surface area (Å²) in [6.07, 6.45) is 2.69. The van der Waals surface area contributed by atoms with E-state index in [-0.39, 0.29) is 0 Å². The number of hydrogen-bond acceptors (Lipinski definition) is 2. The molecule has 1 N–H and O–H groups in total. The van der Waals surface area contributed by atoms with Crippen LogP contribution >= 0.6 is 0 Å². The molecule has 1 aromatic rings. The normalized spacial score (nSPS) is 14.8. The summed E-state index contributed by atoms with van der Waals surface area (Å²) in [5, 5.41) is 9.65. The number of carbonyl (C=O) groups excluding carboxylic acids is 1. The quantitative estimate of drug-likeness (QED) is 0.741. The number of carbonyl (C=O) groups is 1. The lowest BCUT2D eigenvalue weighted by Gasteiger charge is -2.16. The van der Waals surface area contributed by atoms with E-state index in [4.69, 9.17) is 0 Å². The third-order valence-electron chi connectivity index (χ3n) is 2.31. The van der Waals surface area contributed by atoms with Gasteiger partial charge in [0, 0.05) is 0 Å². The van der Waals surface area contributed by atoms with Gasteiger partial charge in [0.15, 0.2) is 6.29 Å². The van der Waals surface area contributed by atoms with E-state index in [0.717, 1.165) is 12.8 Å². The number of aldehydes is 1. The molecule has 0 radical (unpaired) electrons. The van der Waals surface area contributed by atoms with E-state index in [1.807, 2.05) is 12.1 Å². The molecule has 14 heavy (non-hydrogen) atoms. The Kier molecular flexibility index (Phi) is 3.42. The molecule has 0 aliphatic carbocycles. The summed E-state index contributed by atoms with van der Waals surface area (Å²) in [5.41, 5.74) is 0.524. The zero-order valence-corrected chi connectivity index (χ0v) is 8.66. The van der Waals surface area contributed by atoms with Gasteiger partial charge in [0.05, 0.1) is 0 Å². The smallest absolute Gasteiger partial charge is 0.155 e. The van der Waals surface area contributed by atoms with Crippen LogP contribution in [0, 0.1) is 0 Å². The Bertz CT molecular complexity index is 299. The van der Waals surface area contributed by atoms with Crippen LogP contribution in [0.25, 0.3) is 0 Å². The Hall–Kier alpha value is -1.15. The first kappa shape index (κ1) is 10.9. The minimum absolute atomic E-state index is 0.557. The van der Waals surface area contributed by atoms with Crippen molar-refractivity contribution >= 4 is 6.29 Å². The van der Waals surface area contributed by atoms with E-state index >= 15 is 0 Å². The molecule has 0 heterocycles. The van der Waals surface area contributed by atoms with Gasteiger partial charge >= 0.3 is 0 Å². The highest BCUT2D eigenvalue weighted by Gasteiger charge is 2.21. The molecule has 1 rings (SSSR count). The Morgan fingerprint density at radius 3 is 2.36 bits per heavy atom.